The molecule has 0 spiro atoms. The number of unbranched alkanes of at least 4 members (excludes halogenated alkanes) is 5. The van der Waals surface area contributed by atoms with Gasteiger partial charge in [-0.25, -0.2) is 0 Å². The van der Waals surface area contributed by atoms with Gasteiger partial charge in [-0.05, 0) is 36.2 Å². The number of hydrogen-bond acceptors (Lipinski definition) is 6. The molecule has 7 heteroatoms. The highest BCUT2D eigenvalue weighted by molar-refractivity contribution is 8.03. The van der Waals surface area contributed by atoms with Crippen molar-refractivity contribution in [2.24, 2.45) is 0 Å². The summed E-state index contributed by atoms with van der Waals surface area (Å²) >= 11 is 1.34. The van der Waals surface area contributed by atoms with Crippen LogP contribution in [0.4, 0.5) is 0 Å². The Morgan fingerprint density at radius 3 is 2.38 bits per heavy atom. The topological polar surface area (TPSA) is 69.0 Å². The van der Waals surface area contributed by atoms with E-state index in [9.17, 15) is 9.59 Å². The van der Waals surface area contributed by atoms with E-state index < -0.39 is 0 Å². The molecule has 0 bridgehead atoms. The standard InChI is InChI=1S/C25H31NO5S/c1-4-5-6-7-8-9-14-26-24(27)22(18-12-13-20(29-2)21(16-18)30-3)23(25(26)28)32-17-19-11-10-15-31-19/h10-13,15-16H,4-9,14,17H2,1-3H3. The van der Waals surface area contributed by atoms with Crippen molar-refractivity contribution in [1.82, 2.24) is 4.90 Å². The normalized spacial score (nSPS) is 13.9. The van der Waals surface area contributed by atoms with Crippen LogP contribution in [0.15, 0.2) is 45.9 Å². The molecule has 2 heterocycles. The lowest BCUT2D eigenvalue weighted by Crippen LogP contribution is -2.32. The van der Waals surface area contributed by atoms with E-state index in [1.54, 1.807) is 38.7 Å². The minimum absolute atomic E-state index is 0.232. The van der Waals surface area contributed by atoms with Crippen LogP contribution in [0.25, 0.3) is 5.57 Å². The zero-order chi connectivity index (χ0) is 22.9. The lowest BCUT2D eigenvalue weighted by molar-refractivity contribution is -0.136. The van der Waals surface area contributed by atoms with Gasteiger partial charge in [-0.3, -0.25) is 14.5 Å². The fourth-order valence-electron chi connectivity index (χ4n) is 3.73. The van der Waals surface area contributed by atoms with Crippen molar-refractivity contribution in [3.8, 4) is 11.5 Å². The average molecular weight is 458 g/mol. The Bertz CT molecular complexity index is 951. The van der Waals surface area contributed by atoms with Crippen molar-refractivity contribution in [3.05, 3.63) is 52.8 Å². The number of rotatable bonds is 13. The van der Waals surface area contributed by atoms with E-state index in [0.717, 1.165) is 25.0 Å². The molecule has 6 nitrogen and oxygen atoms in total. The highest BCUT2D eigenvalue weighted by Gasteiger charge is 2.39. The van der Waals surface area contributed by atoms with Gasteiger partial charge in [-0.2, -0.15) is 0 Å². The minimum atomic E-state index is -0.252. The number of methoxy groups -OCH3 is 2. The fourth-order valence-corrected chi connectivity index (χ4v) is 4.76. The molecule has 1 aliphatic heterocycles. The number of imide groups is 1. The van der Waals surface area contributed by atoms with Crippen LogP contribution in [0.1, 0.15) is 56.8 Å². The van der Waals surface area contributed by atoms with E-state index in [4.69, 9.17) is 13.9 Å². The predicted octanol–water partition coefficient (Wildman–Crippen LogP) is 5.67. The van der Waals surface area contributed by atoms with Crippen molar-refractivity contribution in [2.45, 2.75) is 51.2 Å². The third-order valence-corrected chi connectivity index (χ3v) is 6.57. The zero-order valence-electron chi connectivity index (χ0n) is 19.0. The molecule has 0 atom stereocenters. The van der Waals surface area contributed by atoms with Crippen LogP contribution >= 0.6 is 11.8 Å². The summed E-state index contributed by atoms with van der Waals surface area (Å²) in [4.78, 5) is 28.4. The van der Waals surface area contributed by atoms with Gasteiger partial charge in [-0.1, -0.05) is 45.1 Å². The molecule has 1 aromatic heterocycles. The van der Waals surface area contributed by atoms with Crippen LogP contribution in [0, 0.1) is 0 Å². The molecule has 32 heavy (non-hydrogen) atoms. The molecule has 0 unspecified atom stereocenters. The fraction of sp³-hybridized carbons (Fsp3) is 0.440. The SMILES string of the molecule is CCCCCCCCN1C(=O)C(SCc2ccco2)=C(c2ccc(OC)c(OC)c2)C1=O. The first-order valence-electron chi connectivity index (χ1n) is 11.1. The number of nitrogens with zero attached hydrogens (tertiary/aromatic N) is 1. The molecule has 1 aromatic carbocycles. The van der Waals surface area contributed by atoms with Crippen molar-refractivity contribution in [2.75, 3.05) is 20.8 Å². The summed E-state index contributed by atoms with van der Waals surface area (Å²) in [6, 6.07) is 8.97. The number of hydrogen-bond donors (Lipinski definition) is 0. The molecular weight excluding hydrogens is 426 g/mol. The van der Waals surface area contributed by atoms with Crippen LogP contribution in [-0.2, 0) is 15.3 Å². The lowest BCUT2D eigenvalue weighted by atomic mass is 10.1. The summed E-state index contributed by atoms with van der Waals surface area (Å²) in [6.07, 6.45) is 8.16. The molecule has 0 N–H and O–H groups in total. The number of carbonyl (C=O) groups is 2. The largest absolute Gasteiger partial charge is 0.493 e. The predicted molar refractivity (Wildman–Crippen MR) is 127 cm³/mol. The first kappa shape index (κ1) is 24.0. The van der Waals surface area contributed by atoms with Gasteiger partial charge in [0.15, 0.2) is 11.5 Å². The van der Waals surface area contributed by atoms with Gasteiger partial charge in [0.25, 0.3) is 11.8 Å². The molecule has 0 fully saturated rings. The molecule has 2 amide bonds. The van der Waals surface area contributed by atoms with Gasteiger partial charge in [0.1, 0.15) is 5.76 Å². The Morgan fingerprint density at radius 1 is 0.938 bits per heavy atom. The second kappa shape index (κ2) is 11.8. The maximum atomic E-state index is 13.3. The van der Waals surface area contributed by atoms with Crippen LogP contribution in [0.3, 0.4) is 0 Å². The smallest absolute Gasteiger partial charge is 0.267 e. The van der Waals surface area contributed by atoms with Crippen molar-refractivity contribution < 1.29 is 23.5 Å². The summed E-state index contributed by atoms with van der Waals surface area (Å²) in [5.74, 6) is 1.83. The maximum absolute atomic E-state index is 13.3. The second-order valence-corrected chi connectivity index (χ2v) is 8.66. The zero-order valence-corrected chi connectivity index (χ0v) is 19.8. The third-order valence-electron chi connectivity index (χ3n) is 5.47. The van der Waals surface area contributed by atoms with Crippen molar-refractivity contribution in [3.63, 3.8) is 0 Å². The third kappa shape index (κ3) is 5.57. The Morgan fingerprint density at radius 2 is 1.69 bits per heavy atom. The average Bonchev–Trinajstić information content (AvgIpc) is 3.41. The Labute approximate surface area is 193 Å². The van der Waals surface area contributed by atoms with Crippen molar-refractivity contribution >= 4 is 29.1 Å². The summed E-state index contributed by atoms with van der Waals surface area (Å²) in [6.45, 7) is 2.62. The molecule has 0 radical (unpaired) electrons. The van der Waals surface area contributed by atoms with Crippen LogP contribution in [0.2, 0.25) is 0 Å². The summed E-state index contributed by atoms with van der Waals surface area (Å²) in [5.41, 5.74) is 1.06. The molecule has 172 valence electrons. The number of furan rings is 1. The first-order chi connectivity index (χ1) is 15.6. The van der Waals surface area contributed by atoms with E-state index in [0.29, 0.717) is 39.8 Å². The Kier molecular flexibility index (Phi) is 8.85. The highest BCUT2D eigenvalue weighted by Crippen LogP contribution is 2.40. The molecule has 0 saturated carbocycles. The van der Waals surface area contributed by atoms with Gasteiger partial charge < -0.3 is 13.9 Å². The van der Waals surface area contributed by atoms with Crippen LogP contribution in [-0.4, -0.2) is 37.5 Å². The summed E-state index contributed by atoms with van der Waals surface area (Å²) in [7, 11) is 3.11. The molecule has 0 aliphatic carbocycles. The second-order valence-electron chi connectivity index (χ2n) is 7.67. The summed E-state index contributed by atoms with van der Waals surface area (Å²) in [5, 5.41) is 0. The quantitative estimate of drug-likeness (QED) is 0.285. The van der Waals surface area contributed by atoms with E-state index in [2.05, 4.69) is 6.92 Å². The van der Waals surface area contributed by atoms with Crippen LogP contribution in [0.5, 0.6) is 11.5 Å². The Balaban J connectivity index is 1.82. The summed E-state index contributed by atoms with van der Waals surface area (Å²) < 4.78 is 16.1. The van der Waals surface area contributed by atoms with E-state index in [-0.39, 0.29) is 11.8 Å². The number of thioether (sulfide) groups is 1. The van der Waals surface area contributed by atoms with E-state index in [1.807, 2.05) is 12.1 Å². The number of amides is 2. The molecular formula is C25H31NO5S. The minimum Gasteiger partial charge on any atom is -0.493 e. The monoisotopic (exact) mass is 457 g/mol. The molecule has 2 aromatic rings. The number of carbonyl (C=O) groups excluding carboxylic acids is 2. The molecule has 1 aliphatic rings. The van der Waals surface area contributed by atoms with E-state index >= 15 is 0 Å². The highest BCUT2D eigenvalue weighted by atomic mass is 32.2. The maximum Gasteiger partial charge on any atom is 0.267 e. The van der Waals surface area contributed by atoms with Gasteiger partial charge in [0.2, 0.25) is 0 Å². The number of benzene rings is 1. The lowest BCUT2D eigenvalue weighted by Gasteiger charge is -2.15. The van der Waals surface area contributed by atoms with Crippen LogP contribution < -0.4 is 9.47 Å². The molecule has 0 saturated heterocycles. The van der Waals surface area contributed by atoms with Gasteiger partial charge >= 0.3 is 0 Å². The van der Waals surface area contributed by atoms with Gasteiger partial charge in [0, 0.05) is 6.54 Å². The Hall–Kier alpha value is -2.67. The number of ether oxygens (including phenoxy) is 2. The molecule has 3 rings (SSSR count). The van der Waals surface area contributed by atoms with Crippen molar-refractivity contribution in [1.29, 1.82) is 0 Å². The van der Waals surface area contributed by atoms with Gasteiger partial charge in [0.05, 0.1) is 36.7 Å². The first-order valence-corrected chi connectivity index (χ1v) is 12.1. The van der Waals surface area contributed by atoms with Gasteiger partial charge in [-0.15, -0.1) is 11.8 Å². The van der Waals surface area contributed by atoms with E-state index in [1.165, 1.54) is 35.9 Å².